The van der Waals surface area contributed by atoms with Gasteiger partial charge in [0.2, 0.25) is 0 Å². The Bertz CT molecular complexity index is 809. The lowest BCUT2D eigenvalue weighted by Crippen LogP contribution is -2.25. The van der Waals surface area contributed by atoms with Gasteiger partial charge in [-0.15, -0.1) is 5.10 Å². The topological polar surface area (TPSA) is 69.4 Å². The Balaban J connectivity index is 1.93. The highest BCUT2D eigenvalue weighted by Gasteiger charge is 2.10. The minimum atomic E-state index is -0.487. The van der Waals surface area contributed by atoms with Crippen LogP contribution in [-0.4, -0.2) is 41.2 Å². The van der Waals surface area contributed by atoms with E-state index in [4.69, 9.17) is 9.47 Å². The summed E-state index contributed by atoms with van der Waals surface area (Å²) in [6, 6.07) is 13.1. The highest BCUT2D eigenvalue weighted by Crippen LogP contribution is 2.25. The minimum absolute atomic E-state index is 0.487. The summed E-state index contributed by atoms with van der Waals surface area (Å²) in [6.07, 6.45) is 1.84. The summed E-state index contributed by atoms with van der Waals surface area (Å²) in [5, 5.41) is 18.0. The Morgan fingerprint density at radius 2 is 1.62 bits per heavy atom. The second-order valence-corrected chi connectivity index (χ2v) is 5.42. The van der Waals surface area contributed by atoms with Gasteiger partial charge in [0.15, 0.2) is 0 Å². The van der Waals surface area contributed by atoms with E-state index in [0.29, 0.717) is 11.5 Å². The zero-order valence-electron chi connectivity index (χ0n) is 13.8. The summed E-state index contributed by atoms with van der Waals surface area (Å²) in [7, 11) is 3.21. The van der Waals surface area contributed by atoms with E-state index in [1.165, 1.54) is 0 Å². The van der Waals surface area contributed by atoms with Crippen molar-refractivity contribution in [3.8, 4) is 28.4 Å². The number of nitrogens with zero attached hydrogens (tertiary/aromatic N) is 3. The first-order valence-corrected chi connectivity index (χ1v) is 7.55. The summed E-state index contributed by atoms with van der Waals surface area (Å²) < 4.78 is 12.2. The molecule has 1 aromatic heterocycles. The van der Waals surface area contributed by atoms with Crippen LogP contribution in [0.3, 0.4) is 0 Å². The van der Waals surface area contributed by atoms with Gasteiger partial charge in [0.1, 0.15) is 17.2 Å². The van der Waals surface area contributed by atoms with Gasteiger partial charge in [0.05, 0.1) is 26.1 Å². The summed E-state index contributed by atoms with van der Waals surface area (Å²) >= 11 is 0. The third kappa shape index (κ3) is 3.26. The molecule has 3 rings (SSSR count). The molecule has 1 N–H and O–H groups in total. The second-order valence-electron chi connectivity index (χ2n) is 5.42. The normalized spacial score (nSPS) is 10.5. The van der Waals surface area contributed by atoms with Gasteiger partial charge >= 0.3 is 6.92 Å². The number of hydrogen-bond acceptors (Lipinski definition) is 5. The van der Waals surface area contributed by atoms with E-state index < -0.39 is 6.92 Å². The van der Waals surface area contributed by atoms with Gasteiger partial charge in [-0.2, -0.15) is 0 Å². The lowest BCUT2D eigenvalue weighted by Gasteiger charge is -2.07. The van der Waals surface area contributed by atoms with Crippen molar-refractivity contribution in [2.45, 2.75) is 6.82 Å². The van der Waals surface area contributed by atoms with Crippen LogP contribution in [0, 0.1) is 0 Å². The summed E-state index contributed by atoms with van der Waals surface area (Å²) in [5.74, 6) is 1.37. The van der Waals surface area contributed by atoms with Crippen molar-refractivity contribution in [3.63, 3.8) is 0 Å². The third-order valence-electron chi connectivity index (χ3n) is 3.78. The Morgan fingerprint density at radius 1 is 1.00 bits per heavy atom. The first-order chi connectivity index (χ1) is 11.6. The fraction of sp³-hybridized carbons (Fsp3) is 0.176. The molecule has 0 fully saturated rings. The van der Waals surface area contributed by atoms with E-state index in [1.54, 1.807) is 31.8 Å². The van der Waals surface area contributed by atoms with Crippen LogP contribution in [0.15, 0.2) is 48.7 Å². The molecule has 0 saturated heterocycles. The standard InChI is InChI=1S/C17H18BN3O3/c1-18(22)13-6-4-12(5-7-13)17-11-21(20-19-17)14-8-15(23-2)10-16(9-14)24-3/h4-11,22H,1-3H3. The van der Waals surface area contributed by atoms with Crippen LogP contribution >= 0.6 is 0 Å². The molecule has 0 aliphatic carbocycles. The van der Waals surface area contributed by atoms with Crippen LogP contribution in [0.4, 0.5) is 0 Å². The SMILES string of the molecule is COc1cc(OC)cc(-n2cc(-c3ccc(B(C)O)cc3)nn2)c1. The van der Waals surface area contributed by atoms with Gasteiger partial charge in [-0.25, -0.2) is 4.68 Å². The van der Waals surface area contributed by atoms with E-state index in [-0.39, 0.29) is 0 Å². The Morgan fingerprint density at radius 3 is 2.17 bits per heavy atom. The molecule has 0 spiro atoms. The smallest absolute Gasteiger partial charge is 0.320 e. The Kier molecular flexibility index (Phi) is 4.53. The van der Waals surface area contributed by atoms with Crippen molar-refractivity contribution in [1.29, 1.82) is 0 Å². The zero-order chi connectivity index (χ0) is 17.1. The molecule has 7 heteroatoms. The van der Waals surface area contributed by atoms with Crippen LogP contribution in [0.2, 0.25) is 6.82 Å². The van der Waals surface area contributed by atoms with Crippen LogP contribution in [0.25, 0.3) is 16.9 Å². The fourth-order valence-corrected chi connectivity index (χ4v) is 2.38. The molecule has 0 saturated carbocycles. The maximum Gasteiger partial charge on any atom is 0.320 e. The van der Waals surface area contributed by atoms with Crippen molar-refractivity contribution >= 4 is 12.4 Å². The van der Waals surface area contributed by atoms with Crippen LogP contribution in [0.5, 0.6) is 11.5 Å². The molecular weight excluding hydrogens is 305 g/mol. The van der Waals surface area contributed by atoms with Crippen molar-refractivity contribution in [2.24, 2.45) is 0 Å². The lowest BCUT2D eigenvalue weighted by atomic mass is 9.64. The molecule has 24 heavy (non-hydrogen) atoms. The molecule has 0 bridgehead atoms. The number of aromatic nitrogens is 3. The predicted octanol–water partition coefficient (Wildman–Crippen LogP) is 1.77. The molecule has 0 aliphatic rings. The van der Waals surface area contributed by atoms with Gasteiger partial charge in [-0.05, 0) is 5.46 Å². The number of rotatable bonds is 5. The van der Waals surface area contributed by atoms with Gasteiger partial charge in [-0.1, -0.05) is 36.3 Å². The molecule has 3 aromatic rings. The number of methoxy groups -OCH3 is 2. The summed E-state index contributed by atoms with van der Waals surface area (Å²) in [6.45, 7) is 1.25. The number of hydrogen-bond donors (Lipinski definition) is 1. The maximum absolute atomic E-state index is 9.58. The molecular formula is C17H18BN3O3. The fourth-order valence-electron chi connectivity index (χ4n) is 2.38. The first kappa shape index (κ1) is 16.1. The molecule has 0 unspecified atom stereocenters. The zero-order valence-corrected chi connectivity index (χ0v) is 13.8. The quantitative estimate of drug-likeness (QED) is 0.725. The average molecular weight is 323 g/mol. The van der Waals surface area contributed by atoms with E-state index in [9.17, 15) is 5.02 Å². The third-order valence-corrected chi connectivity index (χ3v) is 3.78. The monoisotopic (exact) mass is 323 g/mol. The lowest BCUT2D eigenvalue weighted by molar-refractivity contribution is 0.394. The van der Waals surface area contributed by atoms with Gasteiger partial charge < -0.3 is 14.5 Å². The first-order valence-electron chi connectivity index (χ1n) is 7.55. The molecule has 122 valence electrons. The van der Waals surface area contributed by atoms with Crippen molar-refractivity contribution < 1.29 is 14.5 Å². The molecule has 0 radical (unpaired) electrons. The predicted molar refractivity (Wildman–Crippen MR) is 93.4 cm³/mol. The molecule has 1 heterocycles. The van der Waals surface area contributed by atoms with E-state index >= 15 is 0 Å². The van der Waals surface area contributed by atoms with Gasteiger partial charge in [0, 0.05) is 23.8 Å². The van der Waals surface area contributed by atoms with Crippen molar-refractivity contribution in [1.82, 2.24) is 15.0 Å². The summed E-state index contributed by atoms with van der Waals surface area (Å²) in [4.78, 5) is 0. The van der Waals surface area contributed by atoms with Crippen LogP contribution in [0.1, 0.15) is 0 Å². The van der Waals surface area contributed by atoms with Crippen molar-refractivity contribution in [3.05, 3.63) is 48.7 Å². The number of benzene rings is 2. The van der Waals surface area contributed by atoms with Crippen LogP contribution in [-0.2, 0) is 0 Å². The number of ether oxygens (including phenoxy) is 2. The molecule has 0 amide bonds. The van der Waals surface area contributed by atoms with Crippen molar-refractivity contribution in [2.75, 3.05) is 14.2 Å². The molecule has 6 nitrogen and oxygen atoms in total. The molecule has 2 aromatic carbocycles. The minimum Gasteiger partial charge on any atom is -0.497 e. The highest BCUT2D eigenvalue weighted by atomic mass is 16.5. The van der Waals surface area contributed by atoms with Gasteiger partial charge in [-0.3, -0.25) is 0 Å². The van der Waals surface area contributed by atoms with Crippen LogP contribution < -0.4 is 14.9 Å². The Hall–Kier alpha value is -2.80. The molecule has 0 aliphatic heterocycles. The van der Waals surface area contributed by atoms with E-state index in [0.717, 1.165) is 22.4 Å². The largest absolute Gasteiger partial charge is 0.497 e. The maximum atomic E-state index is 9.58. The van der Waals surface area contributed by atoms with E-state index in [1.807, 2.05) is 42.6 Å². The Labute approximate surface area is 140 Å². The van der Waals surface area contributed by atoms with E-state index in [2.05, 4.69) is 10.3 Å². The van der Waals surface area contributed by atoms with Gasteiger partial charge in [0.25, 0.3) is 0 Å². The molecule has 0 atom stereocenters. The average Bonchev–Trinajstić information content (AvgIpc) is 3.11. The summed E-state index contributed by atoms with van der Waals surface area (Å²) in [5.41, 5.74) is 3.34. The highest BCUT2D eigenvalue weighted by molar-refractivity contribution is 6.64. The second kappa shape index (κ2) is 6.76.